The second kappa shape index (κ2) is 6.73. The minimum atomic E-state index is -8.45. The summed E-state index contributed by atoms with van der Waals surface area (Å²) in [6.45, 7) is -1.36. The fraction of sp³-hybridized carbons (Fsp3) is 1.00. The molecule has 17 heteroatoms. The molecule has 0 aromatic rings. The lowest BCUT2D eigenvalue weighted by Crippen LogP contribution is -2.75. The molecule has 27 heavy (non-hydrogen) atoms. The summed E-state index contributed by atoms with van der Waals surface area (Å²) < 4.78 is 192. The zero-order valence-corrected chi connectivity index (χ0v) is 12.2. The van der Waals surface area contributed by atoms with Gasteiger partial charge in [-0.1, -0.05) is 0 Å². The van der Waals surface area contributed by atoms with Gasteiger partial charge < -0.3 is 10.8 Å². The van der Waals surface area contributed by atoms with Crippen LogP contribution < -0.4 is 5.73 Å². The number of rotatable bonds is 7. The number of aliphatic hydroxyl groups excluding tert-OH is 1. The van der Waals surface area contributed by atoms with E-state index in [-0.39, 0.29) is 0 Å². The second-order valence-electron chi connectivity index (χ2n) is 5.18. The SMILES string of the molecule is NC[C@@H](O)CC(F)(F)C(F)(F)C(F)(F)C(F)(F)C(F)(C(F)(F)F)C(F)(F)F. The number of hydrogen-bond acceptors (Lipinski definition) is 2. The molecule has 0 heterocycles. The van der Waals surface area contributed by atoms with Crippen molar-refractivity contribution >= 4 is 0 Å². The lowest BCUT2D eigenvalue weighted by molar-refractivity contribution is -0.457. The molecule has 0 amide bonds. The Morgan fingerprint density at radius 3 is 1.19 bits per heavy atom. The Balaban J connectivity index is 6.60. The van der Waals surface area contributed by atoms with E-state index in [9.17, 15) is 65.9 Å². The van der Waals surface area contributed by atoms with Crippen molar-refractivity contribution in [1.82, 2.24) is 0 Å². The molecule has 0 fully saturated rings. The van der Waals surface area contributed by atoms with Gasteiger partial charge in [0, 0.05) is 13.0 Å². The van der Waals surface area contributed by atoms with E-state index in [1.807, 2.05) is 0 Å². The van der Waals surface area contributed by atoms with E-state index in [1.54, 1.807) is 0 Å². The van der Waals surface area contributed by atoms with Gasteiger partial charge in [0.15, 0.2) is 0 Å². The topological polar surface area (TPSA) is 46.2 Å². The van der Waals surface area contributed by atoms with Crippen LogP contribution in [-0.4, -0.2) is 59.5 Å². The Morgan fingerprint density at radius 1 is 0.593 bits per heavy atom. The summed E-state index contributed by atoms with van der Waals surface area (Å²) in [6.07, 6.45) is -21.6. The van der Waals surface area contributed by atoms with Crippen molar-refractivity contribution in [3.8, 4) is 0 Å². The lowest BCUT2D eigenvalue weighted by atomic mass is 9.85. The van der Waals surface area contributed by atoms with E-state index in [1.165, 1.54) is 0 Å². The highest BCUT2D eigenvalue weighted by Crippen LogP contribution is 2.64. The van der Waals surface area contributed by atoms with Crippen LogP contribution >= 0.6 is 0 Å². The quantitative estimate of drug-likeness (QED) is 0.583. The highest BCUT2D eigenvalue weighted by atomic mass is 19.4. The van der Waals surface area contributed by atoms with Crippen molar-refractivity contribution in [2.24, 2.45) is 5.73 Å². The minimum Gasteiger partial charge on any atom is -0.392 e. The van der Waals surface area contributed by atoms with Gasteiger partial charge in [-0.2, -0.15) is 61.5 Å². The van der Waals surface area contributed by atoms with Crippen LogP contribution in [0.1, 0.15) is 6.42 Å². The van der Waals surface area contributed by atoms with Crippen LogP contribution in [0.25, 0.3) is 0 Å². The van der Waals surface area contributed by atoms with Gasteiger partial charge in [0.05, 0.1) is 6.10 Å². The molecule has 1 atom stereocenters. The van der Waals surface area contributed by atoms with Crippen LogP contribution in [0.4, 0.5) is 65.9 Å². The molecule has 0 aliphatic carbocycles. The van der Waals surface area contributed by atoms with Gasteiger partial charge in [0.25, 0.3) is 0 Å². The summed E-state index contributed by atoms with van der Waals surface area (Å²) >= 11 is 0. The fourth-order valence-corrected chi connectivity index (χ4v) is 1.67. The first-order valence-electron chi connectivity index (χ1n) is 6.17. The van der Waals surface area contributed by atoms with Gasteiger partial charge in [-0.25, -0.2) is 4.39 Å². The van der Waals surface area contributed by atoms with Gasteiger partial charge >= 0.3 is 41.7 Å². The summed E-state index contributed by atoms with van der Waals surface area (Å²) in [7, 11) is 0. The number of hydrogen-bond donors (Lipinski definition) is 2. The van der Waals surface area contributed by atoms with Crippen molar-refractivity contribution in [3.05, 3.63) is 0 Å². The predicted octanol–water partition coefficient (Wildman–Crippen LogP) is 4.07. The van der Waals surface area contributed by atoms with E-state index in [0.717, 1.165) is 0 Å². The monoisotopic (exact) mass is 443 g/mol. The normalized spacial score (nSPS) is 17.2. The summed E-state index contributed by atoms with van der Waals surface area (Å²) in [5, 5.41) is 8.64. The van der Waals surface area contributed by atoms with Crippen molar-refractivity contribution in [1.29, 1.82) is 0 Å². The minimum absolute atomic E-state index is 1.36. The molecule has 0 radical (unpaired) electrons. The second-order valence-corrected chi connectivity index (χ2v) is 5.18. The molecule has 0 aromatic heterocycles. The van der Waals surface area contributed by atoms with Crippen LogP contribution in [0, 0.1) is 0 Å². The molecular weight excluding hydrogens is 435 g/mol. The average Bonchev–Trinajstić information content (AvgIpc) is 2.42. The zero-order valence-electron chi connectivity index (χ0n) is 12.2. The van der Waals surface area contributed by atoms with Gasteiger partial charge in [0.1, 0.15) is 0 Å². The van der Waals surface area contributed by atoms with Crippen LogP contribution in [-0.2, 0) is 0 Å². The number of alkyl halides is 15. The number of halogens is 15. The Hall–Kier alpha value is -1.13. The van der Waals surface area contributed by atoms with E-state index in [2.05, 4.69) is 5.73 Å². The predicted molar refractivity (Wildman–Crippen MR) is 55.4 cm³/mol. The van der Waals surface area contributed by atoms with Crippen molar-refractivity contribution < 1.29 is 71.0 Å². The molecule has 0 saturated heterocycles. The zero-order chi connectivity index (χ0) is 22.5. The summed E-state index contributed by atoms with van der Waals surface area (Å²) in [6, 6.07) is 0. The third-order valence-electron chi connectivity index (χ3n) is 3.23. The molecule has 3 N–H and O–H groups in total. The Labute approximate surface area is 139 Å². The van der Waals surface area contributed by atoms with E-state index in [0.29, 0.717) is 0 Å². The first-order valence-corrected chi connectivity index (χ1v) is 6.17. The summed E-state index contributed by atoms with van der Waals surface area (Å²) in [5.41, 5.74) is -3.84. The van der Waals surface area contributed by atoms with Crippen LogP contribution in [0.15, 0.2) is 0 Å². The number of aliphatic hydroxyl groups is 1. The lowest BCUT2D eigenvalue weighted by Gasteiger charge is -2.43. The maximum Gasteiger partial charge on any atom is 0.438 e. The van der Waals surface area contributed by atoms with Gasteiger partial charge in [0.2, 0.25) is 0 Å². The maximum atomic E-state index is 13.3. The van der Waals surface area contributed by atoms with Gasteiger partial charge in [-0.15, -0.1) is 0 Å². The summed E-state index contributed by atoms with van der Waals surface area (Å²) in [5.74, 6) is -30.9. The highest BCUT2D eigenvalue weighted by Gasteiger charge is 2.95. The molecule has 0 bridgehead atoms. The standard InChI is InChI=1S/C10H8F15NO/c11-4(12,1-3(27)2-26)6(14,15)8(18,19)7(16,17)5(13,9(20,21)22)10(23,24)25/h3,27H,1-2,26H2/t3-/m0/s1. The Bertz CT molecular complexity index is 508. The molecule has 0 aliphatic heterocycles. The van der Waals surface area contributed by atoms with E-state index >= 15 is 0 Å². The Kier molecular flexibility index (Phi) is 6.45. The first-order chi connectivity index (χ1) is 11.5. The van der Waals surface area contributed by atoms with Crippen LogP contribution in [0.5, 0.6) is 0 Å². The Morgan fingerprint density at radius 2 is 0.926 bits per heavy atom. The highest BCUT2D eigenvalue weighted by molar-refractivity contribution is 5.16. The van der Waals surface area contributed by atoms with E-state index in [4.69, 9.17) is 5.11 Å². The molecule has 0 aliphatic rings. The molecule has 0 unspecified atom stereocenters. The summed E-state index contributed by atoms with van der Waals surface area (Å²) in [4.78, 5) is 0. The van der Waals surface area contributed by atoms with Crippen molar-refractivity contribution in [2.75, 3.05) is 6.54 Å². The number of nitrogens with two attached hydrogens (primary N) is 1. The molecule has 0 rings (SSSR count). The van der Waals surface area contributed by atoms with Crippen molar-refractivity contribution in [3.63, 3.8) is 0 Å². The molecular formula is C10H8F15NO. The van der Waals surface area contributed by atoms with Crippen molar-refractivity contribution in [2.45, 2.75) is 54.2 Å². The third kappa shape index (κ3) is 3.63. The van der Waals surface area contributed by atoms with Gasteiger partial charge in [-0.05, 0) is 0 Å². The third-order valence-corrected chi connectivity index (χ3v) is 3.23. The largest absolute Gasteiger partial charge is 0.438 e. The molecule has 164 valence electrons. The molecule has 0 spiro atoms. The van der Waals surface area contributed by atoms with Crippen LogP contribution in [0.3, 0.4) is 0 Å². The molecule has 0 aromatic carbocycles. The average molecular weight is 443 g/mol. The first kappa shape index (κ1) is 25.9. The van der Waals surface area contributed by atoms with Gasteiger partial charge in [-0.3, -0.25) is 0 Å². The van der Waals surface area contributed by atoms with E-state index < -0.39 is 60.8 Å². The molecule has 2 nitrogen and oxygen atoms in total. The maximum absolute atomic E-state index is 13.3. The molecule has 0 saturated carbocycles. The smallest absolute Gasteiger partial charge is 0.392 e. The fourth-order valence-electron chi connectivity index (χ4n) is 1.67. The van der Waals surface area contributed by atoms with Crippen LogP contribution in [0.2, 0.25) is 0 Å².